The van der Waals surface area contributed by atoms with Gasteiger partial charge in [-0.05, 0) is 57.1 Å². The number of ether oxygens (including phenoxy) is 1. The number of nitrogens with zero attached hydrogens (tertiary/aromatic N) is 2. The molecule has 0 atom stereocenters. The summed E-state index contributed by atoms with van der Waals surface area (Å²) in [7, 11) is 0. The van der Waals surface area contributed by atoms with Gasteiger partial charge in [0.25, 0.3) is 5.91 Å². The third-order valence-electron chi connectivity index (χ3n) is 5.00. The lowest BCUT2D eigenvalue weighted by molar-refractivity contribution is -0.112. The molecule has 2 aromatic rings. The number of thiazole rings is 1. The van der Waals surface area contributed by atoms with Crippen molar-refractivity contribution in [2.45, 2.75) is 51.4 Å². The average molecular weight is 428 g/mol. The molecule has 8 heteroatoms. The normalized spacial score (nSPS) is 16.1. The van der Waals surface area contributed by atoms with Gasteiger partial charge in [-0.2, -0.15) is 5.26 Å². The van der Waals surface area contributed by atoms with Crippen LogP contribution in [0.3, 0.4) is 0 Å². The lowest BCUT2D eigenvalue weighted by Gasteiger charge is -2.12. The minimum absolute atomic E-state index is 0.0289. The summed E-state index contributed by atoms with van der Waals surface area (Å²) in [5.74, 6) is -0.415. The van der Waals surface area contributed by atoms with Crippen molar-refractivity contribution in [2.75, 3.05) is 11.9 Å². The predicted octanol–water partition coefficient (Wildman–Crippen LogP) is 4.68. The van der Waals surface area contributed by atoms with Crippen molar-refractivity contribution >= 4 is 45.6 Å². The van der Waals surface area contributed by atoms with E-state index in [0.29, 0.717) is 22.2 Å². The van der Waals surface area contributed by atoms with Crippen LogP contribution in [0.25, 0.3) is 6.08 Å². The monoisotopic (exact) mass is 427 g/mol. The van der Waals surface area contributed by atoms with Gasteiger partial charge in [0.05, 0.1) is 22.9 Å². The Bertz CT molecular complexity index is 1020. The Kier molecular flexibility index (Phi) is 5.79. The van der Waals surface area contributed by atoms with E-state index in [4.69, 9.17) is 4.74 Å². The van der Waals surface area contributed by atoms with E-state index in [9.17, 15) is 14.9 Å². The zero-order valence-electron chi connectivity index (χ0n) is 16.1. The molecule has 29 heavy (non-hydrogen) atoms. The van der Waals surface area contributed by atoms with Crippen LogP contribution in [0.15, 0.2) is 11.0 Å². The first-order chi connectivity index (χ1) is 14.1. The maximum Gasteiger partial charge on any atom is 0.341 e. The highest BCUT2D eigenvalue weighted by Gasteiger charge is 2.28. The molecule has 0 radical (unpaired) electrons. The molecule has 0 bridgehead atoms. The number of hydrogen-bond acceptors (Lipinski definition) is 7. The lowest BCUT2D eigenvalue weighted by Crippen LogP contribution is -2.16. The largest absolute Gasteiger partial charge is 0.462 e. The summed E-state index contributed by atoms with van der Waals surface area (Å²) in [5.41, 5.74) is 2.02. The quantitative estimate of drug-likeness (QED) is 0.410. The molecular formula is C21H21N3O3S2. The van der Waals surface area contributed by atoms with Crippen LogP contribution in [0.5, 0.6) is 0 Å². The Morgan fingerprint density at radius 2 is 2.17 bits per heavy atom. The molecule has 1 amide bonds. The number of fused-ring (bicyclic) bond motifs is 1. The van der Waals surface area contributed by atoms with Gasteiger partial charge in [-0.25, -0.2) is 9.78 Å². The molecule has 1 fully saturated rings. The molecule has 1 N–H and O–H groups in total. The number of esters is 1. The number of aryl methyl sites for hydroxylation is 1. The number of amides is 1. The zero-order valence-corrected chi connectivity index (χ0v) is 17.8. The number of thiophene rings is 1. The SMILES string of the molecule is CCOC(=O)c1c(NC(=O)C(C#N)=Cc2csc(C3CC3)n2)sc2c1CCCC2. The van der Waals surface area contributed by atoms with Crippen molar-refractivity contribution in [3.63, 3.8) is 0 Å². The smallest absolute Gasteiger partial charge is 0.341 e. The van der Waals surface area contributed by atoms with Crippen LogP contribution in [-0.2, 0) is 22.4 Å². The van der Waals surface area contributed by atoms with E-state index in [1.165, 1.54) is 17.4 Å². The molecule has 2 heterocycles. The number of anilines is 1. The van der Waals surface area contributed by atoms with Crippen LogP contribution in [0.2, 0.25) is 0 Å². The molecule has 0 unspecified atom stereocenters. The molecule has 2 aliphatic carbocycles. The molecule has 0 spiro atoms. The van der Waals surface area contributed by atoms with Crippen molar-refractivity contribution in [3.05, 3.63) is 37.7 Å². The maximum absolute atomic E-state index is 12.8. The van der Waals surface area contributed by atoms with Gasteiger partial charge in [-0.1, -0.05) is 0 Å². The molecule has 2 aliphatic rings. The molecular weight excluding hydrogens is 406 g/mol. The molecule has 150 valence electrons. The Morgan fingerprint density at radius 1 is 1.38 bits per heavy atom. The Balaban J connectivity index is 1.59. The van der Waals surface area contributed by atoms with E-state index in [1.54, 1.807) is 18.3 Å². The van der Waals surface area contributed by atoms with Crippen molar-refractivity contribution in [1.82, 2.24) is 4.98 Å². The number of carbonyl (C=O) groups is 2. The highest BCUT2D eigenvalue weighted by Crippen LogP contribution is 2.41. The first kappa shape index (κ1) is 19.8. The van der Waals surface area contributed by atoms with E-state index in [-0.39, 0.29) is 12.2 Å². The average Bonchev–Trinajstić information content (AvgIpc) is 3.34. The number of hydrogen-bond donors (Lipinski definition) is 1. The summed E-state index contributed by atoms with van der Waals surface area (Å²) in [6.45, 7) is 2.03. The summed E-state index contributed by atoms with van der Waals surface area (Å²) < 4.78 is 5.22. The van der Waals surface area contributed by atoms with Crippen molar-refractivity contribution < 1.29 is 14.3 Å². The van der Waals surface area contributed by atoms with Crippen LogP contribution < -0.4 is 5.32 Å². The standard InChI is InChI=1S/C21H21N3O3S2/c1-2-27-21(26)17-15-5-3-4-6-16(15)29-20(17)24-18(25)13(10-22)9-14-11-28-19(23-14)12-7-8-12/h9,11-12H,2-8H2,1H3,(H,24,25). The van der Waals surface area contributed by atoms with E-state index in [1.807, 2.05) is 11.4 Å². The Labute approximate surface area is 177 Å². The van der Waals surface area contributed by atoms with Crippen molar-refractivity contribution in [3.8, 4) is 6.07 Å². The fraction of sp³-hybridized carbons (Fsp3) is 0.429. The summed E-state index contributed by atoms with van der Waals surface area (Å²) in [6.07, 6.45) is 7.60. The fourth-order valence-corrected chi connectivity index (χ4v) is 5.65. The zero-order chi connectivity index (χ0) is 20.4. The minimum atomic E-state index is -0.530. The van der Waals surface area contributed by atoms with Crippen LogP contribution in [0.1, 0.15) is 70.0 Å². The number of aromatic nitrogens is 1. The molecule has 6 nitrogen and oxygen atoms in total. The summed E-state index contributed by atoms with van der Waals surface area (Å²) in [4.78, 5) is 30.9. The van der Waals surface area contributed by atoms with Gasteiger partial charge < -0.3 is 10.1 Å². The topological polar surface area (TPSA) is 92.1 Å². The van der Waals surface area contributed by atoms with Crippen LogP contribution >= 0.6 is 22.7 Å². The van der Waals surface area contributed by atoms with Crippen molar-refractivity contribution in [2.24, 2.45) is 0 Å². The van der Waals surface area contributed by atoms with E-state index < -0.39 is 11.9 Å². The van der Waals surface area contributed by atoms with Crippen LogP contribution in [0.4, 0.5) is 5.00 Å². The molecule has 4 rings (SSSR count). The highest BCUT2D eigenvalue weighted by molar-refractivity contribution is 7.17. The van der Waals surface area contributed by atoms with Gasteiger partial charge >= 0.3 is 5.97 Å². The molecule has 1 saturated carbocycles. The predicted molar refractivity (Wildman–Crippen MR) is 113 cm³/mol. The van der Waals surface area contributed by atoms with E-state index in [0.717, 1.165) is 54.0 Å². The first-order valence-corrected chi connectivity index (χ1v) is 11.5. The number of rotatable bonds is 6. The third kappa shape index (κ3) is 4.26. The van der Waals surface area contributed by atoms with Gasteiger partial charge in [0.1, 0.15) is 16.6 Å². The Hall–Kier alpha value is -2.50. The minimum Gasteiger partial charge on any atom is -0.462 e. The van der Waals surface area contributed by atoms with Crippen LogP contribution in [-0.4, -0.2) is 23.5 Å². The number of nitriles is 1. The lowest BCUT2D eigenvalue weighted by atomic mass is 9.95. The molecule has 2 aromatic heterocycles. The maximum atomic E-state index is 12.8. The first-order valence-electron chi connectivity index (χ1n) is 9.81. The van der Waals surface area contributed by atoms with Gasteiger partial charge in [0, 0.05) is 16.2 Å². The second-order valence-electron chi connectivity index (χ2n) is 7.14. The highest BCUT2D eigenvalue weighted by atomic mass is 32.1. The summed E-state index contributed by atoms with van der Waals surface area (Å²) in [5, 5.41) is 15.7. The number of nitrogens with one attached hydrogen (secondary N) is 1. The second-order valence-corrected chi connectivity index (χ2v) is 9.14. The summed E-state index contributed by atoms with van der Waals surface area (Å²) in [6, 6.07) is 1.96. The number of carbonyl (C=O) groups excluding carboxylic acids is 2. The Morgan fingerprint density at radius 3 is 2.90 bits per heavy atom. The van der Waals surface area contributed by atoms with Gasteiger partial charge in [0.2, 0.25) is 0 Å². The van der Waals surface area contributed by atoms with Crippen LogP contribution in [0, 0.1) is 11.3 Å². The second kappa shape index (κ2) is 8.47. The van der Waals surface area contributed by atoms with E-state index >= 15 is 0 Å². The van der Waals surface area contributed by atoms with Crippen molar-refractivity contribution in [1.29, 1.82) is 5.26 Å². The summed E-state index contributed by atoms with van der Waals surface area (Å²) >= 11 is 2.97. The molecule has 0 saturated heterocycles. The fourth-order valence-electron chi connectivity index (χ4n) is 3.42. The van der Waals surface area contributed by atoms with Gasteiger partial charge in [-0.15, -0.1) is 22.7 Å². The molecule has 0 aliphatic heterocycles. The van der Waals surface area contributed by atoms with Gasteiger partial charge in [0.15, 0.2) is 0 Å². The molecule has 0 aromatic carbocycles. The third-order valence-corrected chi connectivity index (χ3v) is 7.23. The van der Waals surface area contributed by atoms with Gasteiger partial charge in [-0.3, -0.25) is 4.79 Å². The van der Waals surface area contributed by atoms with E-state index in [2.05, 4.69) is 10.3 Å².